The van der Waals surface area contributed by atoms with Crippen LogP contribution in [0.5, 0.6) is 0 Å². The number of amides is 1. The van der Waals surface area contributed by atoms with Crippen LogP contribution in [0.3, 0.4) is 0 Å². The molecule has 0 bridgehead atoms. The number of rotatable bonds is 3. The molecule has 0 N–H and O–H groups in total. The number of hydrogen-bond acceptors (Lipinski definition) is 3. The van der Waals surface area contributed by atoms with E-state index in [2.05, 4.69) is 0 Å². The van der Waals surface area contributed by atoms with Gasteiger partial charge in [0, 0.05) is 27.3 Å². The first-order valence-electron chi connectivity index (χ1n) is 4.22. The minimum atomic E-state index is -2.96. The molecule has 0 spiro atoms. The summed E-state index contributed by atoms with van der Waals surface area (Å²) in [5.41, 5.74) is 0. The Bertz CT molecular complexity index is 201. The van der Waals surface area contributed by atoms with Crippen LogP contribution in [0.4, 0.5) is 8.78 Å². The summed E-state index contributed by atoms with van der Waals surface area (Å²) in [6.07, 6.45) is -3.59. The molecule has 2 atom stereocenters. The van der Waals surface area contributed by atoms with Gasteiger partial charge in [0.15, 0.2) is 0 Å². The molecule has 1 rings (SSSR count). The summed E-state index contributed by atoms with van der Waals surface area (Å²) in [6, 6.07) is 0. The minimum Gasteiger partial charge on any atom is -0.377 e. The number of carbonyl (C=O) groups excluding carboxylic acids is 1. The predicted molar refractivity (Wildman–Crippen MR) is 44.2 cm³/mol. The topological polar surface area (TPSA) is 38.8 Å². The summed E-state index contributed by atoms with van der Waals surface area (Å²) in [5, 5.41) is 0. The van der Waals surface area contributed by atoms with Crippen LogP contribution in [0.1, 0.15) is 0 Å². The number of nitrogens with zero attached hydrogens (tertiary/aromatic N) is 1. The van der Waals surface area contributed by atoms with Gasteiger partial charge in [-0.25, -0.2) is 0 Å². The maximum atomic E-state index is 12.1. The molecule has 1 amide bonds. The quantitative estimate of drug-likeness (QED) is 0.663. The highest BCUT2D eigenvalue weighted by Gasteiger charge is 2.37. The smallest absolute Gasteiger partial charge is 0.315 e. The molecule has 4 nitrogen and oxygen atoms in total. The molecule has 0 saturated carbocycles. The molecule has 0 aliphatic carbocycles. The summed E-state index contributed by atoms with van der Waals surface area (Å²) < 4.78 is 34.2. The lowest BCUT2D eigenvalue weighted by Gasteiger charge is -2.14. The van der Waals surface area contributed by atoms with Crippen molar-refractivity contribution in [2.45, 2.75) is 18.6 Å². The zero-order chi connectivity index (χ0) is 10.7. The molecule has 82 valence electrons. The van der Waals surface area contributed by atoms with E-state index in [9.17, 15) is 13.6 Å². The predicted octanol–water partition coefficient (Wildman–Crippen LogP) is 0.124. The molecule has 1 fully saturated rings. The van der Waals surface area contributed by atoms with Crippen molar-refractivity contribution in [2.24, 2.45) is 0 Å². The average Bonchev–Trinajstić information content (AvgIpc) is 2.59. The largest absolute Gasteiger partial charge is 0.377 e. The lowest BCUT2D eigenvalue weighted by atomic mass is 10.3. The van der Waals surface area contributed by atoms with Gasteiger partial charge >= 0.3 is 6.43 Å². The second kappa shape index (κ2) is 4.65. The van der Waals surface area contributed by atoms with Gasteiger partial charge in [0.1, 0.15) is 12.2 Å². The third-order valence-corrected chi connectivity index (χ3v) is 2.32. The first kappa shape index (κ1) is 11.3. The third-order valence-electron chi connectivity index (χ3n) is 2.32. The van der Waals surface area contributed by atoms with E-state index >= 15 is 0 Å². The van der Waals surface area contributed by atoms with E-state index in [0.717, 1.165) is 4.90 Å². The van der Waals surface area contributed by atoms with Crippen LogP contribution in [-0.2, 0) is 14.3 Å². The van der Waals surface area contributed by atoms with E-state index in [0.29, 0.717) is 0 Å². The van der Waals surface area contributed by atoms with E-state index in [1.54, 1.807) is 0 Å². The van der Waals surface area contributed by atoms with Crippen LogP contribution in [0.15, 0.2) is 0 Å². The Morgan fingerprint density at radius 1 is 1.29 bits per heavy atom. The Kier molecular flexibility index (Phi) is 3.77. The lowest BCUT2D eigenvalue weighted by molar-refractivity contribution is -0.142. The fraction of sp³-hybridized carbons (Fsp3) is 0.875. The van der Waals surface area contributed by atoms with Gasteiger partial charge in [0.2, 0.25) is 0 Å². The van der Waals surface area contributed by atoms with Crippen LogP contribution >= 0.6 is 0 Å². The van der Waals surface area contributed by atoms with Gasteiger partial charge in [-0.2, -0.15) is 8.78 Å². The molecule has 1 aliphatic rings. The first-order valence-corrected chi connectivity index (χ1v) is 4.22. The molecule has 0 aromatic heterocycles. The van der Waals surface area contributed by atoms with E-state index in [1.807, 2.05) is 0 Å². The monoisotopic (exact) mass is 209 g/mol. The van der Waals surface area contributed by atoms with E-state index < -0.39 is 12.3 Å². The highest BCUT2D eigenvalue weighted by atomic mass is 19.3. The van der Waals surface area contributed by atoms with E-state index in [-0.39, 0.29) is 25.3 Å². The van der Waals surface area contributed by atoms with Crippen LogP contribution in [0.25, 0.3) is 0 Å². The maximum Gasteiger partial charge on any atom is 0.315 e. The highest BCUT2D eigenvalue weighted by molar-refractivity contribution is 5.79. The molecule has 1 aliphatic heterocycles. The van der Waals surface area contributed by atoms with Gasteiger partial charge < -0.3 is 14.4 Å². The van der Waals surface area contributed by atoms with Crippen molar-refractivity contribution in [1.82, 2.24) is 4.90 Å². The molecular formula is C8H13F2NO3. The second-order valence-corrected chi connectivity index (χ2v) is 3.09. The van der Waals surface area contributed by atoms with Gasteiger partial charge in [0.25, 0.3) is 5.91 Å². The highest BCUT2D eigenvalue weighted by Crippen LogP contribution is 2.17. The molecule has 14 heavy (non-hydrogen) atoms. The van der Waals surface area contributed by atoms with Crippen LogP contribution in [0.2, 0.25) is 0 Å². The van der Waals surface area contributed by atoms with Gasteiger partial charge in [-0.1, -0.05) is 0 Å². The molecule has 1 saturated heterocycles. The molecule has 2 unspecified atom stereocenters. The standard InChI is InChI=1S/C8H13F2NO3/c1-13-5-3-11(4-6(5)14-2)8(12)7(9)10/h5-7H,3-4H2,1-2H3. The van der Waals surface area contributed by atoms with Crippen molar-refractivity contribution in [3.63, 3.8) is 0 Å². The fourth-order valence-electron chi connectivity index (χ4n) is 1.51. The molecule has 1 heterocycles. The zero-order valence-electron chi connectivity index (χ0n) is 8.07. The first-order chi connectivity index (χ1) is 6.60. The van der Waals surface area contributed by atoms with Gasteiger partial charge in [-0.05, 0) is 0 Å². The van der Waals surface area contributed by atoms with Crippen molar-refractivity contribution < 1.29 is 23.0 Å². The Morgan fingerprint density at radius 3 is 2.00 bits per heavy atom. The van der Waals surface area contributed by atoms with Crippen molar-refractivity contribution in [3.8, 4) is 0 Å². The lowest BCUT2D eigenvalue weighted by Crippen LogP contribution is -2.34. The number of halogens is 2. The second-order valence-electron chi connectivity index (χ2n) is 3.09. The number of carbonyl (C=O) groups is 1. The number of alkyl halides is 2. The fourth-order valence-corrected chi connectivity index (χ4v) is 1.51. The molecule has 6 heteroatoms. The minimum absolute atomic E-state index is 0.165. The molecule has 0 aromatic rings. The number of likely N-dealkylation sites (tertiary alicyclic amines) is 1. The van der Waals surface area contributed by atoms with Gasteiger partial charge in [-0.3, -0.25) is 4.79 Å². The van der Waals surface area contributed by atoms with Crippen molar-refractivity contribution >= 4 is 5.91 Å². The Balaban J connectivity index is 2.57. The zero-order valence-corrected chi connectivity index (χ0v) is 8.07. The molecule has 0 radical (unpaired) electrons. The molecule has 0 aromatic carbocycles. The van der Waals surface area contributed by atoms with E-state index in [1.165, 1.54) is 14.2 Å². The average molecular weight is 209 g/mol. The van der Waals surface area contributed by atoms with Crippen molar-refractivity contribution in [3.05, 3.63) is 0 Å². The Morgan fingerprint density at radius 2 is 1.71 bits per heavy atom. The Labute approximate surface area is 80.8 Å². The van der Waals surface area contributed by atoms with Crippen molar-refractivity contribution in [2.75, 3.05) is 27.3 Å². The SMILES string of the molecule is COC1CN(C(=O)C(F)F)CC1OC. The summed E-state index contributed by atoms with van der Waals surface area (Å²) in [7, 11) is 2.93. The Hall–Kier alpha value is -0.750. The van der Waals surface area contributed by atoms with Gasteiger partial charge in [-0.15, -0.1) is 0 Å². The third kappa shape index (κ3) is 2.19. The van der Waals surface area contributed by atoms with E-state index in [4.69, 9.17) is 9.47 Å². The summed E-state index contributed by atoms with van der Waals surface area (Å²) in [6.45, 7) is 0.330. The summed E-state index contributed by atoms with van der Waals surface area (Å²) in [4.78, 5) is 12.0. The summed E-state index contributed by atoms with van der Waals surface area (Å²) in [5.74, 6) is -1.16. The van der Waals surface area contributed by atoms with Crippen LogP contribution in [0, 0.1) is 0 Å². The van der Waals surface area contributed by atoms with Crippen LogP contribution in [-0.4, -0.2) is 56.7 Å². The normalized spacial score (nSPS) is 27.4. The maximum absolute atomic E-state index is 12.1. The van der Waals surface area contributed by atoms with Crippen molar-refractivity contribution in [1.29, 1.82) is 0 Å². The summed E-state index contributed by atoms with van der Waals surface area (Å²) >= 11 is 0. The molecular weight excluding hydrogens is 196 g/mol. The number of ether oxygens (including phenoxy) is 2. The number of methoxy groups -OCH3 is 2. The van der Waals surface area contributed by atoms with Crippen LogP contribution < -0.4 is 0 Å². The number of hydrogen-bond donors (Lipinski definition) is 0. The van der Waals surface area contributed by atoms with Gasteiger partial charge in [0.05, 0.1) is 0 Å².